The van der Waals surface area contributed by atoms with Crippen LogP contribution in [0, 0.1) is 0 Å². The lowest BCUT2D eigenvalue weighted by Crippen LogP contribution is -2.06. The van der Waals surface area contributed by atoms with Gasteiger partial charge in [-0.05, 0) is 42.9 Å². The van der Waals surface area contributed by atoms with Crippen LogP contribution in [0.4, 0.5) is 0 Å². The molecule has 0 saturated heterocycles. The van der Waals surface area contributed by atoms with Crippen molar-refractivity contribution in [3.63, 3.8) is 0 Å². The van der Waals surface area contributed by atoms with Gasteiger partial charge in [-0.1, -0.05) is 11.6 Å². The van der Waals surface area contributed by atoms with E-state index in [0.717, 1.165) is 22.2 Å². The predicted octanol–water partition coefficient (Wildman–Crippen LogP) is 3.80. The Morgan fingerprint density at radius 3 is 2.71 bits per heavy atom. The lowest BCUT2D eigenvalue weighted by atomic mass is 10.1. The van der Waals surface area contributed by atoms with Crippen LogP contribution in [0.25, 0.3) is 10.4 Å². The number of nitrogens with one attached hydrogen (secondary N) is 1. The molecular weight excluding hydrogens is 254 g/mol. The molecule has 4 heteroatoms. The number of hydrogen-bond donors (Lipinski definition) is 1. The predicted molar refractivity (Wildman–Crippen MR) is 74.1 cm³/mol. The molecule has 0 spiro atoms. The molecule has 0 atom stereocenters. The maximum Gasteiger partial charge on any atom is 0.123 e. The molecule has 0 unspecified atom stereocenters. The first-order valence-electron chi connectivity index (χ1n) is 5.32. The topological polar surface area (TPSA) is 21.3 Å². The van der Waals surface area contributed by atoms with Crippen LogP contribution in [0.3, 0.4) is 0 Å². The number of halogens is 1. The molecule has 0 amide bonds. The van der Waals surface area contributed by atoms with Crippen molar-refractivity contribution in [1.29, 1.82) is 0 Å². The molecule has 0 radical (unpaired) electrons. The minimum absolute atomic E-state index is 0.788. The Hall–Kier alpha value is -1.03. The molecule has 2 rings (SSSR count). The van der Waals surface area contributed by atoms with E-state index in [0.29, 0.717) is 0 Å². The smallest absolute Gasteiger partial charge is 0.123 e. The number of benzene rings is 1. The molecule has 1 aromatic heterocycles. The minimum Gasteiger partial charge on any atom is -0.496 e. The molecule has 0 fully saturated rings. The number of methoxy groups -OCH3 is 1. The zero-order valence-electron chi connectivity index (χ0n) is 9.79. The molecule has 2 nitrogen and oxygen atoms in total. The average Bonchev–Trinajstić information content (AvgIpc) is 2.76. The fraction of sp³-hybridized carbons (Fsp3) is 0.231. The molecular formula is C13H14ClNOS. The summed E-state index contributed by atoms with van der Waals surface area (Å²) in [6.07, 6.45) is 0. The summed E-state index contributed by atoms with van der Waals surface area (Å²) in [7, 11) is 3.62. The average molecular weight is 268 g/mol. The zero-order chi connectivity index (χ0) is 12.3. The van der Waals surface area contributed by atoms with Crippen LogP contribution in [0.5, 0.6) is 5.75 Å². The molecule has 1 N–H and O–H groups in total. The lowest BCUT2D eigenvalue weighted by Gasteiger charge is -2.09. The SMILES string of the molecule is CNCc1cc(-c2ccc(Cl)s2)ccc1OC. The Balaban J connectivity index is 2.39. The van der Waals surface area contributed by atoms with Crippen molar-refractivity contribution in [2.24, 2.45) is 0 Å². The molecule has 0 aliphatic rings. The van der Waals surface area contributed by atoms with E-state index in [4.69, 9.17) is 16.3 Å². The van der Waals surface area contributed by atoms with E-state index in [1.54, 1.807) is 18.4 Å². The van der Waals surface area contributed by atoms with Crippen molar-refractivity contribution in [3.05, 3.63) is 40.2 Å². The highest BCUT2D eigenvalue weighted by atomic mass is 35.5. The highest BCUT2D eigenvalue weighted by Crippen LogP contribution is 2.33. The third-order valence-electron chi connectivity index (χ3n) is 2.51. The number of hydrogen-bond acceptors (Lipinski definition) is 3. The minimum atomic E-state index is 0.788. The van der Waals surface area contributed by atoms with Crippen molar-refractivity contribution in [3.8, 4) is 16.2 Å². The van der Waals surface area contributed by atoms with Gasteiger partial charge in [-0.15, -0.1) is 11.3 Å². The third-order valence-corrected chi connectivity index (χ3v) is 3.79. The molecule has 17 heavy (non-hydrogen) atoms. The fourth-order valence-corrected chi connectivity index (χ4v) is 2.77. The van der Waals surface area contributed by atoms with E-state index >= 15 is 0 Å². The van der Waals surface area contributed by atoms with E-state index in [9.17, 15) is 0 Å². The molecule has 2 aromatic rings. The van der Waals surface area contributed by atoms with Crippen LogP contribution in [-0.4, -0.2) is 14.2 Å². The van der Waals surface area contributed by atoms with E-state index in [1.807, 2.05) is 25.2 Å². The van der Waals surface area contributed by atoms with Gasteiger partial charge in [0.25, 0.3) is 0 Å². The quantitative estimate of drug-likeness (QED) is 0.910. The van der Waals surface area contributed by atoms with Crippen LogP contribution in [0.1, 0.15) is 5.56 Å². The summed E-state index contributed by atoms with van der Waals surface area (Å²) >= 11 is 7.54. The van der Waals surface area contributed by atoms with Gasteiger partial charge in [-0.3, -0.25) is 0 Å². The van der Waals surface area contributed by atoms with Gasteiger partial charge >= 0.3 is 0 Å². The maximum atomic E-state index is 5.95. The summed E-state index contributed by atoms with van der Waals surface area (Å²) < 4.78 is 6.14. The Kier molecular flexibility index (Phi) is 4.05. The van der Waals surface area contributed by atoms with Crippen molar-refractivity contribution in [2.75, 3.05) is 14.2 Å². The molecule has 0 saturated carbocycles. The van der Waals surface area contributed by atoms with Crippen LogP contribution in [0.15, 0.2) is 30.3 Å². The van der Waals surface area contributed by atoms with Gasteiger partial charge in [0, 0.05) is 17.0 Å². The number of ether oxygens (including phenoxy) is 1. The first kappa shape index (κ1) is 12.4. The first-order valence-corrected chi connectivity index (χ1v) is 6.51. The highest BCUT2D eigenvalue weighted by molar-refractivity contribution is 7.19. The highest BCUT2D eigenvalue weighted by Gasteiger charge is 2.07. The molecule has 0 aliphatic carbocycles. The molecule has 1 heterocycles. The number of thiophene rings is 1. The normalized spacial score (nSPS) is 10.5. The van der Waals surface area contributed by atoms with Crippen molar-refractivity contribution >= 4 is 22.9 Å². The van der Waals surface area contributed by atoms with Crippen LogP contribution >= 0.6 is 22.9 Å². The second-order valence-corrected chi connectivity index (χ2v) is 5.38. The summed E-state index contributed by atoms with van der Waals surface area (Å²) in [6, 6.07) is 10.1. The largest absolute Gasteiger partial charge is 0.496 e. The van der Waals surface area contributed by atoms with Crippen LogP contribution in [-0.2, 0) is 6.54 Å². The van der Waals surface area contributed by atoms with Gasteiger partial charge < -0.3 is 10.1 Å². The van der Waals surface area contributed by atoms with Gasteiger partial charge in [0.1, 0.15) is 5.75 Å². The monoisotopic (exact) mass is 267 g/mol. The van der Waals surface area contributed by atoms with E-state index < -0.39 is 0 Å². The van der Waals surface area contributed by atoms with E-state index in [1.165, 1.54) is 10.4 Å². The van der Waals surface area contributed by atoms with E-state index in [-0.39, 0.29) is 0 Å². The van der Waals surface area contributed by atoms with Gasteiger partial charge in [0.2, 0.25) is 0 Å². The van der Waals surface area contributed by atoms with E-state index in [2.05, 4.69) is 17.4 Å². The van der Waals surface area contributed by atoms with Gasteiger partial charge in [-0.2, -0.15) is 0 Å². The molecule has 90 valence electrons. The van der Waals surface area contributed by atoms with Gasteiger partial charge in [0.05, 0.1) is 11.4 Å². The lowest BCUT2D eigenvalue weighted by molar-refractivity contribution is 0.408. The Bertz CT molecular complexity index is 510. The molecule has 0 aliphatic heterocycles. The summed E-state index contributed by atoms with van der Waals surface area (Å²) in [4.78, 5) is 1.18. The second kappa shape index (κ2) is 5.54. The number of rotatable bonds is 4. The standard InChI is InChI=1S/C13H14ClNOS/c1-15-8-10-7-9(3-4-11(10)16-2)12-5-6-13(14)17-12/h3-7,15H,8H2,1-2H3. The summed E-state index contributed by atoms with van der Waals surface area (Å²) in [5.41, 5.74) is 2.32. The zero-order valence-corrected chi connectivity index (χ0v) is 11.4. The van der Waals surface area contributed by atoms with Crippen molar-refractivity contribution < 1.29 is 4.74 Å². The maximum absolute atomic E-state index is 5.95. The van der Waals surface area contributed by atoms with Gasteiger partial charge in [-0.25, -0.2) is 0 Å². The van der Waals surface area contributed by atoms with Crippen molar-refractivity contribution in [2.45, 2.75) is 6.54 Å². The third kappa shape index (κ3) is 2.80. The molecule has 1 aromatic carbocycles. The van der Waals surface area contributed by atoms with Gasteiger partial charge in [0.15, 0.2) is 0 Å². The Labute approximate surface area is 110 Å². The summed E-state index contributed by atoms with van der Waals surface area (Å²) in [5, 5.41) is 3.14. The summed E-state index contributed by atoms with van der Waals surface area (Å²) in [6.45, 7) is 0.788. The molecule has 0 bridgehead atoms. The Morgan fingerprint density at radius 2 is 2.12 bits per heavy atom. The van der Waals surface area contributed by atoms with Crippen LogP contribution < -0.4 is 10.1 Å². The fourth-order valence-electron chi connectivity index (χ4n) is 1.73. The second-order valence-electron chi connectivity index (χ2n) is 3.66. The van der Waals surface area contributed by atoms with Crippen LogP contribution in [0.2, 0.25) is 4.34 Å². The first-order chi connectivity index (χ1) is 8.24. The summed E-state index contributed by atoms with van der Waals surface area (Å²) in [5.74, 6) is 0.908. The Morgan fingerprint density at radius 1 is 1.29 bits per heavy atom. The van der Waals surface area contributed by atoms with Crippen molar-refractivity contribution in [1.82, 2.24) is 5.32 Å².